The minimum atomic E-state index is 1.15. The lowest BCUT2D eigenvalue weighted by atomic mass is 10.1. The maximum atomic E-state index is 2.20. The molecule has 0 radical (unpaired) electrons. The zero-order chi connectivity index (χ0) is 22.5. The normalized spacial score (nSPS) is 11.5. The van der Waals surface area contributed by atoms with Gasteiger partial charge >= 0.3 is 0 Å². The van der Waals surface area contributed by atoms with Gasteiger partial charge in [0.05, 0.1) is 0 Å². The highest BCUT2D eigenvalue weighted by Crippen LogP contribution is 2.14. The summed E-state index contributed by atoms with van der Waals surface area (Å²) in [6.07, 6.45) is 16.9. The molecule has 0 N–H and O–H groups in total. The average Bonchev–Trinajstić information content (AvgIpc) is 3.58. The third-order valence-corrected chi connectivity index (χ3v) is 5.79. The molecule has 160 valence electrons. The number of aromatic nitrogens is 3. The summed E-state index contributed by atoms with van der Waals surface area (Å²) in [7, 11) is 2.10. The average molecular weight is 429 g/mol. The van der Waals surface area contributed by atoms with Gasteiger partial charge in [-0.25, -0.2) is 0 Å². The van der Waals surface area contributed by atoms with E-state index in [1.807, 2.05) is 24.3 Å². The van der Waals surface area contributed by atoms with E-state index < -0.39 is 0 Å². The van der Waals surface area contributed by atoms with E-state index in [1.54, 1.807) is 0 Å². The van der Waals surface area contributed by atoms with Crippen molar-refractivity contribution in [2.75, 3.05) is 0 Å². The molecule has 0 aliphatic heterocycles. The van der Waals surface area contributed by atoms with Gasteiger partial charge in [-0.05, 0) is 77.9 Å². The van der Waals surface area contributed by atoms with Crippen LogP contribution in [0.3, 0.4) is 0 Å². The third-order valence-electron chi connectivity index (χ3n) is 5.79. The third kappa shape index (κ3) is 4.78. The second kappa shape index (κ2) is 9.41. The molecule has 3 heterocycles. The standard InChI is InChI=1S/C30H26N3/c1-31-27(15-9-25-11-17-29(18-12-25)32-21-2-3-22-32)7-6-8-28(31)16-10-26-13-19-30(20-14-26)33-23-4-5-24-33/h2-24H,1H3/q+1. The van der Waals surface area contributed by atoms with E-state index >= 15 is 0 Å². The summed E-state index contributed by atoms with van der Waals surface area (Å²) in [5.41, 5.74) is 6.97. The van der Waals surface area contributed by atoms with Crippen molar-refractivity contribution in [2.24, 2.45) is 7.05 Å². The van der Waals surface area contributed by atoms with E-state index in [-0.39, 0.29) is 0 Å². The van der Waals surface area contributed by atoms with Gasteiger partial charge in [0.1, 0.15) is 7.05 Å². The summed E-state index contributed by atoms with van der Waals surface area (Å²) in [4.78, 5) is 0. The molecule has 0 fully saturated rings. The Kier molecular flexibility index (Phi) is 5.85. The number of nitrogens with zero attached hydrogens (tertiary/aromatic N) is 3. The molecule has 3 nitrogen and oxygen atoms in total. The molecule has 0 bridgehead atoms. The van der Waals surface area contributed by atoms with E-state index in [0.717, 1.165) is 22.8 Å². The van der Waals surface area contributed by atoms with Gasteiger partial charge in [-0.3, -0.25) is 0 Å². The van der Waals surface area contributed by atoms with Gasteiger partial charge in [0.2, 0.25) is 11.4 Å². The molecule has 5 aromatic rings. The van der Waals surface area contributed by atoms with Crippen molar-refractivity contribution in [1.29, 1.82) is 0 Å². The fraction of sp³-hybridized carbons (Fsp3) is 0.0333. The maximum Gasteiger partial charge on any atom is 0.205 e. The highest BCUT2D eigenvalue weighted by Gasteiger charge is 2.07. The van der Waals surface area contributed by atoms with Crippen LogP contribution < -0.4 is 4.57 Å². The SMILES string of the molecule is C[n+]1c(/C=C/c2ccc(-n3cccc3)cc2)cccc1/C=C/c1ccc(-n2cccc2)cc1. The van der Waals surface area contributed by atoms with Gasteiger partial charge in [-0.15, -0.1) is 0 Å². The van der Waals surface area contributed by atoms with Crippen LogP contribution in [-0.2, 0) is 7.05 Å². The molecule has 0 atom stereocenters. The van der Waals surface area contributed by atoms with Gasteiger partial charge in [-0.1, -0.05) is 24.3 Å². The van der Waals surface area contributed by atoms with Crippen molar-refractivity contribution >= 4 is 24.3 Å². The van der Waals surface area contributed by atoms with E-state index in [1.165, 1.54) is 11.1 Å². The Balaban J connectivity index is 1.30. The van der Waals surface area contributed by atoms with Gasteiger partial charge in [0, 0.05) is 60.4 Å². The molecule has 0 spiro atoms. The maximum absolute atomic E-state index is 2.20. The monoisotopic (exact) mass is 428 g/mol. The van der Waals surface area contributed by atoms with Crippen molar-refractivity contribution in [2.45, 2.75) is 0 Å². The fourth-order valence-corrected chi connectivity index (χ4v) is 3.84. The Bertz CT molecular complexity index is 1260. The Morgan fingerprint density at radius 2 is 0.879 bits per heavy atom. The lowest BCUT2D eigenvalue weighted by Gasteiger charge is -2.03. The zero-order valence-corrected chi connectivity index (χ0v) is 18.6. The van der Waals surface area contributed by atoms with Crippen molar-refractivity contribution in [3.63, 3.8) is 0 Å². The minimum absolute atomic E-state index is 1.15. The number of hydrogen-bond acceptors (Lipinski definition) is 0. The van der Waals surface area contributed by atoms with Crippen LogP contribution in [0.5, 0.6) is 0 Å². The number of hydrogen-bond donors (Lipinski definition) is 0. The first-order valence-electron chi connectivity index (χ1n) is 11.1. The van der Waals surface area contributed by atoms with Crippen molar-refractivity contribution in [1.82, 2.24) is 9.13 Å². The minimum Gasteiger partial charge on any atom is -0.324 e. The molecular weight excluding hydrogens is 402 g/mol. The molecule has 0 saturated carbocycles. The highest BCUT2D eigenvalue weighted by molar-refractivity contribution is 5.69. The quantitative estimate of drug-likeness (QED) is 0.277. The Labute approximate surface area is 194 Å². The van der Waals surface area contributed by atoms with Crippen LogP contribution >= 0.6 is 0 Å². The lowest BCUT2D eigenvalue weighted by molar-refractivity contribution is -0.675. The van der Waals surface area contributed by atoms with Gasteiger partial charge in [0.25, 0.3) is 0 Å². The number of rotatable bonds is 6. The van der Waals surface area contributed by atoms with Crippen LogP contribution in [0.2, 0.25) is 0 Å². The molecule has 3 aromatic heterocycles. The molecule has 2 aromatic carbocycles. The van der Waals surface area contributed by atoms with E-state index in [2.05, 4.69) is 137 Å². The van der Waals surface area contributed by atoms with Crippen LogP contribution in [0, 0.1) is 0 Å². The molecule has 0 aliphatic carbocycles. The van der Waals surface area contributed by atoms with Crippen LogP contribution in [0.1, 0.15) is 22.5 Å². The van der Waals surface area contributed by atoms with Gasteiger partial charge in [0.15, 0.2) is 0 Å². The molecule has 0 amide bonds. The molecule has 33 heavy (non-hydrogen) atoms. The fourth-order valence-electron chi connectivity index (χ4n) is 3.84. The van der Waals surface area contributed by atoms with Crippen LogP contribution in [-0.4, -0.2) is 9.13 Å². The smallest absolute Gasteiger partial charge is 0.205 e. The number of pyridine rings is 1. The van der Waals surface area contributed by atoms with Crippen LogP contribution in [0.4, 0.5) is 0 Å². The molecule has 5 rings (SSSR count). The first kappa shape index (κ1) is 20.5. The number of benzene rings is 2. The van der Waals surface area contributed by atoms with E-state index in [4.69, 9.17) is 0 Å². The van der Waals surface area contributed by atoms with Crippen molar-refractivity contribution in [3.05, 3.63) is 138 Å². The lowest BCUT2D eigenvalue weighted by Crippen LogP contribution is -2.35. The predicted molar refractivity (Wildman–Crippen MR) is 137 cm³/mol. The summed E-state index contributed by atoms with van der Waals surface area (Å²) in [5.74, 6) is 0. The van der Waals surface area contributed by atoms with Crippen LogP contribution in [0.25, 0.3) is 35.7 Å². The summed E-state index contributed by atoms with van der Waals surface area (Å²) in [6.45, 7) is 0. The predicted octanol–water partition coefficient (Wildman–Crippen LogP) is 6.43. The summed E-state index contributed by atoms with van der Waals surface area (Å²) in [5, 5.41) is 0. The molecule has 0 aliphatic rings. The van der Waals surface area contributed by atoms with Crippen molar-refractivity contribution < 1.29 is 4.57 Å². The van der Waals surface area contributed by atoms with Gasteiger partial charge < -0.3 is 9.13 Å². The topological polar surface area (TPSA) is 13.7 Å². The van der Waals surface area contributed by atoms with Crippen LogP contribution in [0.15, 0.2) is 116 Å². The van der Waals surface area contributed by atoms with E-state index in [0.29, 0.717) is 0 Å². The zero-order valence-electron chi connectivity index (χ0n) is 18.6. The molecule has 0 unspecified atom stereocenters. The Hall–Kier alpha value is -4.37. The first-order chi connectivity index (χ1) is 16.3. The second-order valence-corrected chi connectivity index (χ2v) is 7.96. The first-order valence-corrected chi connectivity index (χ1v) is 11.1. The molecule has 0 saturated heterocycles. The Morgan fingerprint density at radius 1 is 0.485 bits per heavy atom. The summed E-state index contributed by atoms with van der Waals surface area (Å²) < 4.78 is 6.42. The summed E-state index contributed by atoms with van der Waals surface area (Å²) >= 11 is 0. The van der Waals surface area contributed by atoms with E-state index in [9.17, 15) is 0 Å². The molecular formula is C30H26N3+. The second-order valence-electron chi connectivity index (χ2n) is 7.96. The summed E-state index contributed by atoms with van der Waals surface area (Å²) in [6, 6.07) is 31.7. The largest absolute Gasteiger partial charge is 0.324 e. The Morgan fingerprint density at radius 3 is 1.27 bits per heavy atom. The van der Waals surface area contributed by atoms with Gasteiger partial charge in [-0.2, -0.15) is 4.57 Å². The highest BCUT2D eigenvalue weighted by atomic mass is 14.9. The molecule has 3 heteroatoms. The van der Waals surface area contributed by atoms with Crippen molar-refractivity contribution in [3.8, 4) is 11.4 Å².